The van der Waals surface area contributed by atoms with Crippen LogP contribution in [0.25, 0.3) is 0 Å². The molecule has 1 aromatic carbocycles. The fourth-order valence-electron chi connectivity index (χ4n) is 1.32. The number of ether oxygens (including phenoxy) is 2. The fourth-order valence-corrected chi connectivity index (χ4v) is 2.40. The van der Waals surface area contributed by atoms with Gasteiger partial charge in [-0.1, -0.05) is 11.6 Å². The van der Waals surface area contributed by atoms with Crippen molar-refractivity contribution in [3.8, 4) is 0 Å². The monoisotopic (exact) mass is 275 g/mol. The van der Waals surface area contributed by atoms with E-state index in [2.05, 4.69) is 0 Å². The van der Waals surface area contributed by atoms with Crippen molar-refractivity contribution >= 4 is 29.1 Å². The van der Waals surface area contributed by atoms with E-state index in [-0.39, 0.29) is 6.29 Å². The Bertz CT molecular complexity index is 343. The SMILES string of the molecule is CCOC(CSc1ccc(Cl)cc1N)OCC. The third-order valence-electron chi connectivity index (χ3n) is 2.05. The molecular weight excluding hydrogens is 258 g/mol. The zero-order valence-corrected chi connectivity index (χ0v) is 11.7. The smallest absolute Gasteiger partial charge is 0.166 e. The van der Waals surface area contributed by atoms with Gasteiger partial charge in [-0.3, -0.25) is 0 Å². The van der Waals surface area contributed by atoms with Crippen molar-refractivity contribution in [1.82, 2.24) is 0 Å². The molecule has 1 aromatic rings. The van der Waals surface area contributed by atoms with Crippen LogP contribution in [-0.4, -0.2) is 25.3 Å². The second-order valence-corrected chi connectivity index (χ2v) is 4.83. The first-order chi connectivity index (χ1) is 8.17. The number of halogens is 1. The lowest BCUT2D eigenvalue weighted by Crippen LogP contribution is -2.20. The summed E-state index contributed by atoms with van der Waals surface area (Å²) >= 11 is 7.45. The van der Waals surface area contributed by atoms with Gasteiger partial charge in [0.2, 0.25) is 0 Å². The molecule has 96 valence electrons. The number of anilines is 1. The molecule has 0 bridgehead atoms. The summed E-state index contributed by atoms with van der Waals surface area (Å²) in [5, 5.41) is 0.651. The number of hydrogen-bond acceptors (Lipinski definition) is 4. The van der Waals surface area contributed by atoms with Crippen LogP contribution in [0.2, 0.25) is 5.02 Å². The van der Waals surface area contributed by atoms with Gasteiger partial charge in [-0.15, -0.1) is 11.8 Å². The minimum absolute atomic E-state index is 0.190. The van der Waals surface area contributed by atoms with Gasteiger partial charge in [0.1, 0.15) is 0 Å². The molecule has 1 rings (SSSR count). The molecule has 5 heteroatoms. The molecule has 0 aromatic heterocycles. The summed E-state index contributed by atoms with van der Waals surface area (Å²) in [6, 6.07) is 5.49. The number of thioether (sulfide) groups is 1. The molecule has 0 unspecified atom stereocenters. The van der Waals surface area contributed by atoms with E-state index in [1.165, 1.54) is 0 Å². The van der Waals surface area contributed by atoms with Crippen LogP contribution in [0.15, 0.2) is 23.1 Å². The van der Waals surface area contributed by atoms with Gasteiger partial charge in [0.15, 0.2) is 6.29 Å². The third-order valence-corrected chi connectivity index (χ3v) is 3.41. The Morgan fingerprint density at radius 3 is 2.47 bits per heavy atom. The molecule has 17 heavy (non-hydrogen) atoms. The van der Waals surface area contributed by atoms with Gasteiger partial charge in [-0.25, -0.2) is 0 Å². The second kappa shape index (κ2) is 7.82. The fraction of sp³-hybridized carbons (Fsp3) is 0.500. The van der Waals surface area contributed by atoms with Crippen molar-refractivity contribution in [3.63, 3.8) is 0 Å². The van der Waals surface area contributed by atoms with E-state index in [1.807, 2.05) is 26.0 Å². The number of benzene rings is 1. The lowest BCUT2D eigenvalue weighted by Gasteiger charge is -2.16. The normalized spacial score (nSPS) is 11.1. The van der Waals surface area contributed by atoms with Crippen molar-refractivity contribution in [2.45, 2.75) is 25.0 Å². The molecule has 0 saturated heterocycles. The van der Waals surface area contributed by atoms with Crippen LogP contribution in [0.3, 0.4) is 0 Å². The van der Waals surface area contributed by atoms with Crippen LogP contribution in [0, 0.1) is 0 Å². The van der Waals surface area contributed by atoms with Crippen molar-refractivity contribution < 1.29 is 9.47 Å². The van der Waals surface area contributed by atoms with Gasteiger partial charge >= 0.3 is 0 Å². The topological polar surface area (TPSA) is 44.5 Å². The maximum absolute atomic E-state index is 5.87. The van der Waals surface area contributed by atoms with Gasteiger partial charge < -0.3 is 15.2 Å². The van der Waals surface area contributed by atoms with Crippen LogP contribution in [-0.2, 0) is 9.47 Å². The van der Waals surface area contributed by atoms with Crippen LogP contribution in [0.1, 0.15) is 13.8 Å². The van der Waals surface area contributed by atoms with Crippen LogP contribution >= 0.6 is 23.4 Å². The summed E-state index contributed by atoms with van der Waals surface area (Å²) in [5.74, 6) is 0.716. The lowest BCUT2D eigenvalue weighted by atomic mass is 10.3. The Labute approximate surface area is 112 Å². The lowest BCUT2D eigenvalue weighted by molar-refractivity contribution is -0.120. The molecule has 0 saturated carbocycles. The molecule has 0 aliphatic carbocycles. The predicted molar refractivity (Wildman–Crippen MR) is 73.6 cm³/mol. The van der Waals surface area contributed by atoms with E-state index in [0.717, 1.165) is 4.90 Å². The molecule has 2 N–H and O–H groups in total. The Morgan fingerprint density at radius 1 is 1.29 bits per heavy atom. The number of rotatable bonds is 7. The summed E-state index contributed by atoms with van der Waals surface area (Å²) in [5.41, 5.74) is 6.56. The first-order valence-electron chi connectivity index (χ1n) is 5.58. The third kappa shape index (κ3) is 5.17. The maximum atomic E-state index is 5.87. The zero-order valence-electron chi connectivity index (χ0n) is 10.1. The Hall–Kier alpha value is -0.420. The summed E-state index contributed by atoms with van der Waals surface area (Å²) in [6.07, 6.45) is -0.190. The Kier molecular flexibility index (Phi) is 6.73. The molecule has 0 radical (unpaired) electrons. The summed E-state index contributed by atoms with van der Waals surface area (Å²) in [4.78, 5) is 0.999. The first-order valence-corrected chi connectivity index (χ1v) is 6.94. The maximum Gasteiger partial charge on any atom is 0.166 e. The second-order valence-electron chi connectivity index (χ2n) is 3.33. The highest BCUT2D eigenvalue weighted by atomic mass is 35.5. The van der Waals surface area contributed by atoms with E-state index in [9.17, 15) is 0 Å². The highest BCUT2D eigenvalue weighted by molar-refractivity contribution is 7.99. The molecule has 0 atom stereocenters. The van der Waals surface area contributed by atoms with E-state index in [4.69, 9.17) is 26.8 Å². The minimum Gasteiger partial charge on any atom is -0.398 e. The van der Waals surface area contributed by atoms with Crippen LogP contribution < -0.4 is 5.73 Å². The van der Waals surface area contributed by atoms with Gasteiger partial charge in [0, 0.05) is 34.6 Å². The Morgan fingerprint density at radius 2 is 1.94 bits per heavy atom. The molecule has 0 aliphatic heterocycles. The number of hydrogen-bond donors (Lipinski definition) is 1. The standard InChI is InChI=1S/C12H18ClNO2S/c1-3-15-12(16-4-2)8-17-11-6-5-9(13)7-10(11)14/h5-7,12H,3-4,8,14H2,1-2H3. The molecule has 0 spiro atoms. The molecule has 0 aliphatic rings. The van der Waals surface area contributed by atoms with E-state index in [1.54, 1.807) is 17.8 Å². The number of nitrogen functional groups attached to an aromatic ring is 1. The molecule has 0 fully saturated rings. The van der Waals surface area contributed by atoms with Gasteiger partial charge in [-0.05, 0) is 32.0 Å². The largest absolute Gasteiger partial charge is 0.398 e. The molecular formula is C12H18ClNO2S. The average Bonchev–Trinajstić information content (AvgIpc) is 2.28. The quantitative estimate of drug-likeness (QED) is 0.470. The van der Waals surface area contributed by atoms with Crippen molar-refractivity contribution in [3.05, 3.63) is 23.2 Å². The highest BCUT2D eigenvalue weighted by Gasteiger charge is 2.10. The summed E-state index contributed by atoms with van der Waals surface area (Å²) in [7, 11) is 0. The van der Waals surface area contributed by atoms with Crippen LogP contribution in [0.5, 0.6) is 0 Å². The van der Waals surface area contributed by atoms with Gasteiger partial charge in [0.05, 0.1) is 0 Å². The Balaban J connectivity index is 2.52. The molecule has 3 nitrogen and oxygen atoms in total. The van der Waals surface area contributed by atoms with E-state index in [0.29, 0.717) is 29.7 Å². The van der Waals surface area contributed by atoms with Crippen molar-refractivity contribution in [2.24, 2.45) is 0 Å². The summed E-state index contributed by atoms with van der Waals surface area (Å²) in [6.45, 7) is 5.18. The molecule has 0 amide bonds. The average molecular weight is 276 g/mol. The van der Waals surface area contributed by atoms with Gasteiger partial charge in [-0.2, -0.15) is 0 Å². The first kappa shape index (κ1) is 14.6. The van der Waals surface area contributed by atoms with E-state index >= 15 is 0 Å². The minimum atomic E-state index is -0.190. The van der Waals surface area contributed by atoms with Crippen LogP contribution in [0.4, 0.5) is 5.69 Å². The highest BCUT2D eigenvalue weighted by Crippen LogP contribution is 2.28. The van der Waals surface area contributed by atoms with Crippen molar-refractivity contribution in [1.29, 1.82) is 0 Å². The zero-order chi connectivity index (χ0) is 12.7. The molecule has 0 heterocycles. The van der Waals surface area contributed by atoms with Gasteiger partial charge in [0.25, 0.3) is 0 Å². The van der Waals surface area contributed by atoms with E-state index < -0.39 is 0 Å². The van der Waals surface area contributed by atoms with Crippen molar-refractivity contribution in [2.75, 3.05) is 24.7 Å². The summed E-state index contributed by atoms with van der Waals surface area (Å²) < 4.78 is 10.9. The number of nitrogens with two attached hydrogens (primary N) is 1. The predicted octanol–water partition coefficient (Wildman–Crippen LogP) is 3.41.